The van der Waals surface area contributed by atoms with E-state index in [1.165, 1.54) is 0 Å². The molecule has 29 heavy (non-hydrogen) atoms. The second-order valence-corrected chi connectivity index (χ2v) is 8.05. The van der Waals surface area contributed by atoms with Crippen LogP contribution in [0.25, 0.3) is 11.3 Å². The highest BCUT2D eigenvalue weighted by Crippen LogP contribution is 2.34. The lowest BCUT2D eigenvalue weighted by Gasteiger charge is -2.30. The van der Waals surface area contributed by atoms with Gasteiger partial charge in [-0.05, 0) is 25.8 Å². The van der Waals surface area contributed by atoms with E-state index in [4.69, 9.17) is 20.5 Å². The van der Waals surface area contributed by atoms with E-state index in [-0.39, 0.29) is 17.7 Å². The molecule has 4 rings (SSSR count). The Morgan fingerprint density at radius 1 is 1.21 bits per heavy atom. The van der Waals surface area contributed by atoms with E-state index in [1.807, 2.05) is 36.9 Å². The third kappa shape index (κ3) is 3.79. The first kappa shape index (κ1) is 19.6. The number of rotatable bonds is 4. The smallest absolute Gasteiger partial charge is 0.259 e. The van der Waals surface area contributed by atoms with Crippen LogP contribution in [0.1, 0.15) is 66.4 Å². The van der Waals surface area contributed by atoms with Crippen molar-refractivity contribution >= 4 is 17.5 Å². The molecule has 0 aliphatic carbocycles. The van der Waals surface area contributed by atoms with Crippen LogP contribution in [0.5, 0.6) is 0 Å². The molecule has 0 atom stereocenters. The van der Waals surface area contributed by atoms with Gasteiger partial charge in [0.25, 0.3) is 5.91 Å². The number of benzene rings is 1. The Kier molecular flexibility index (Phi) is 5.41. The number of nitrogens with zero attached hydrogens (tertiary/aromatic N) is 4. The van der Waals surface area contributed by atoms with Gasteiger partial charge in [0.15, 0.2) is 0 Å². The molecule has 2 aromatic heterocycles. The summed E-state index contributed by atoms with van der Waals surface area (Å²) >= 11 is 6.31. The second kappa shape index (κ2) is 7.99. The van der Waals surface area contributed by atoms with Crippen molar-refractivity contribution in [3.63, 3.8) is 0 Å². The zero-order valence-corrected chi connectivity index (χ0v) is 17.4. The number of amides is 1. The summed E-state index contributed by atoms with van der Waals surface area (Å²) in [5.41, 5.74) is 1.64. The molecule has 8 heteroatoms. The summed E-state index contributed by atoms with van der Waals surface area (Å²) in [4.78, 5) is 15.1. The molecule has 3 aromatic rings. The van der Waals surface area contributed by atoms with E-state index in [0.717, 1.165) is 12.8 Å². The maximum absolute atomic E-state index is 13.3. The maximum atomic E-state index is 13.3. The van der Waals surface area contributed by atoms with Crippen molar-refractivity contribution in [2.45, 2.75) is 45.4 Å². The van der Waals surface area contributed by atoms with Gasteiger partial charge in [-0.25, -0.2) is 0 Å². The summed E-state index contributed by atoms with van der Waals surface area (Å²) in [6.07, 6.45) is 1.55. The lowest BCUT2D eigenvalue weighted by Crippen LogP contribution is -2.38. The van der Waals surface area contributed by atoms with Crippen molar-refractivity contribution < 1.29 is 13.7 Å². The summed E-state index contributed by atoms with van der Waals surface area (Å²) in [5, 5.41) is 13.0. The van der Waals surface area contributed by atoms with Crippen LogP contribution in [0.4, 0.5) is 0 Å². The molecule has 3 heterocycles. The van der Waals surface area contributed by atoms with Gasteiger partial charge in [-0.15, -0.1) is 10.2 Å². The Balaban J connectivity index is 1.51. The SMILES string of the molecule is Cc1onc(-c2ccccc2Cl)c1C(=O)N1CCC(c2nnc(C(C)C)o2)CC1. The Hall–Kier alpha value is -2.67. The minimum atomic E-state index is -0.0921. The van der Waals surface area contributed by atoms with Gasteiger partial charge in [-0.1, -0.05) is 48.8 Å². The lowest BCUT2D eigenvalue weighted by molar-refractivity contribution is 0.0705. The quantitative estimate of drug-likeness (QED) is 0.607. The zero-order chi connectivity index (χ0) is 20.5. The van der Waals surface area contributed by atoms with E-state index in [9.17, 15) is 4.79 Å². The molecule has 0 radical (unpaired) electrons. The maximum Gasteiger partial charge on any atom is 0.259 e. The van der Waals surface area contributed by atoms with Crippen molar-refractivity contribution in [3.05, 3.63) is 52.4 Å². The van der Waals surface area contributed by atoms with Crippen LogP contribution in [0, 0.1) is 6.92 Å². The predicted octanol–water partition coefficient (Wildman–Crippen LogP) is 4.83. The summed E-state index contributed by atoms with van der Waals surface area (Å²) in [6.45, 7) is 7.01. The number of piperidine rings is 1. The summed E-state index contributed by atoms with van der Waals surface area (Å²) in [6, 6.07) is 7.31. The van der Waals surface area contributed by atoms with Crippen molar-refractivity contribution in [1.29, 1.82) is 0 Å². The monoisotopic (exact) mass is 414 g/mol. The molecule has 0 unspecified atom stereocenters. The highest BCUT2D eigenvalue weighted by molar-refractivity contribution is 6.33. The molecule has 1 saturated heterocycles. The van der Waals surface area contributed by atoms with Gasteiger partial charge in [0.1, 0.15) is 17.0 Å². The van der Waals surface area contributed by atoms with E-state index >= 15 is 0 Å². The van der Waals surface area contributed by atoms with Gasteiger partial charge >= 0.3 is 0 Å². The van der Waals surface area contributed by atoms with Crippen LogP contribution in [-0.4, -0.2) is 39.3 Å². The fourth-order valence-corrected chi connectivity index (χ4v) is 3.82. The van der Waals surface area contributed by atoms with Crippen molar-refractivity contribution in [2.75, 3.05) is 13.1 Å². The molecule has 152 valence electrons. The molecule has 0 saturated carbocycles. The van der Waals surface area contributed by atoms with Gasteiger partial charge in [-0.3, -0.25) is 4.79 Å². The number of carbonyl (C=O) groups is 1. The predicted molar refractivity (Wildman–Crippen MR) is 108 cm³/mol. The first-order valence-electron chi connectivity index (χ1n) is 9.79. The molecule has 0 spiro atoms. The Morgan fingerprint density at radius 2 is 1.93 bits per heavy atom. The van der Waals surface area contributed by atoms with E-state index in [2.05, 4.69) is 15.4 Å². The fraction of sp³-hybridized carbons (Fsp3) is 0.429. The molecular formula is C21H23ClN4O3. The van der Waals surface area contributed by atoms with E-state index < -0.39 is 0 Å². The Labute approximate surface area is 174 Å². The second-order valence-electron chi connectivity index (χ2n) is 7.64. The number of halogens is 1. The third-order valence-electron chi connectivity index (χ3n) is 5.29. The standard InChI is InChI=1S/C21H23ClN4O3/c1-12(2)19-23-24-20(28-19)14-8-10-26(11-9-14)21(27)17-13(3)29-25-18(17)15-6-4-5-7-16(15)22/h4-7,12,14H,8-11H2,1-3H3. The van der Waals surface area contributed by atoms with Gasteiger partial charge in [0.2, 0.25) is 11.8 Å². The number of likely N-dealkylation sites (tertiary alicyclic amines) is 1. The Morgan fingerprint density at radius 3 is 2.59 bits per heavy atom. The van der Waals surface area contributed by atoms with Gasteiger partial charge in [0.05, 0.1) is 5.02 Å². The number of carbonyl (C=O) groups excluding carboxylic acids is 1. The van der Waals surface area contributed by atoms with Gasteiger partial charge < -0.3 is 13.8 Å². The first-order chi connectivity index (χ1) is 14.0. The van der Waals surface area contributed by atoms with Gasteiger partial charge in [0, 0.05) is 30.5 Å². The molecule has 0 N–H and O–H groups in total. The number of hydrogen-bond donors (Lipinski definition) is 0. The third-order valence-corrected chi connectivity index (χ3v) is 5.62. The van der Waals surface area contributed by atoms with Crippen molar-refractivity contribution in [3.8, 4) is 11.3 Å². The highest BCUT2D eigenvalue weighted by Gasteiger charge is 2.32. The lowest BCUT2D eigenvalue weighted by atomic mass is 9.95. The van der Waals surface area contributed by atoms with Crippen LogP contribution >= 0.6 is 11.6 Å². The topological polar surface area (TPSA) is 85.3 Å². The number of aromatic nitrogens is 3. The van der Waals surface area contributed by atoms with Crippen molar-refractivity contribution in [1.82, 2.24) is 20.3 Å². The first-order valence-corrected chi connectivity index (χ1v) is 10.2. The summed E-state index contributed by atoms with van der Waals surface area (Å²) in [7, 11) is 0. The van der Waals surface area contributed by atoms with E-state index in [0.29, 0.717) is 52.5 Å². The molecule has 1 aliphatic heterocycles. The minimum Gasteiger partial charge on any atom is -0.425 e. The highest BCUT2D eigenvalue weighted by atomic mass is 35.5. The fourth-order valence-electron chi connectivity index (χ4n) is 3.59. The normalized spacial score (nSPS) is 15.3. The van der Waals surface area contributed by atoms with Crippen LogP contribution in [-0.2, 0) is 0 Å². The summed E-state index contributed by atoms with van der Waals surface area (Å²) < 4.78 is 11.1. The van der Waals surface area contributed by atoms with Crippen LogP contribution in [0.3, 0.4) is 0 Å². The van der Waals surface area contributed by atoms with Crippen LogP contribution in [0.2, 0.25) is 5.02 Å². The molecular weight excluding hydrogens is 392 g/mol. The molecule has 1 fully saturated rings. The Bertz CT molecular complexity index is 1020. The van der Waals surface area contributed by atoms with E-state index in [1.54, 1.807) is 13.0 Å². The molecule has 7 nitrogen and oxygen atoms in total. The largest absolute Gasteiger partial charge is 0.425 e. The van der Waals surface area contributed by atoms with Crippen LogP contribution in [0.15, 0.2) is 33.2 Å². The zero-order valence-electron chi connectivity index (χ0n) is 16.7. The minimum absolute atomic E-state index is 0.0921. The average molecular weight is 415 g/mol. The van der Waals surface area contributed by atoms with Gasteiger partial charge in [-0.2, -0.15) is 0 Å². The number of aryl methyl sites for hydroxylation is 1. The molecule has 1 amide bonds. The molecule has 1 aromatic carbocycles. The molecule has 0 bridgehead atoms. The molecule has 1 aliphatic rings. The van der Waals surface area contributed by atoms with Crippen LogP contribution < -0.4 is 0 Å². The van der Waals surface area contributed by atoms with Crippen molar-refractivity contribution in [2.24, 2.45) is 0 Å². The average Bonchev–Trinajstić information content (AvgIpc) is 3.35. The number of hydrogen-bond acceptors (Lipinski definition) is 6. The summed E-state index contributed by atoms with van der Waals surface area (Å²) in [5.74, 6) is 2.10.